The third kappa shape index (κ3) is 5.45. The van der Waals surface area contributed by atoms with E-state index in [0.29, 0.717) is 5.82 Å². The Bertz CT molecular complexity index is 457. The highest BCUT2D eigenvalue weighted by Crippen LogP contribution is 2.21. The lowest BCUT2D eigenvalue weighted by Gasteiger charge is -2.12. The molecule has 10 heteroatoms. The fourth-order valence-electron chi connectivity index (χ4n) is 1.27. The van der Waals surface area contributed by atoms with Crippen LogP contribution >= 0.6 is 0 Å². The lowest BCUT2D eigenvalue weighted by atomic mass is 10.3. The Kier molecular flexibility index (Phi) is 4.68. The van der Waals surface area contributed by atoms with Crippen LogP contribution in [0, 0.1) is 0 Å². The first kappa shape index (κ1) is 14.9. The zero-order chi connectivity index (χ0) is 13.8. The summed E-state index contributed by atoms with van der Waals surface area (Å²) < 4.78 is 60.8. The van der Waals surface area contributed by atoms with Gasteiger partial charge < -0.3 is 0 Å². The molecular weight excluding hydrogens is 273 g/mol. The summed E-state index contributed by atoms with van der Waals surface area (Å²) in [6, 6.07) is -0.664. The summed E-state index contributed by atoms with van der Waals surface area (Å²) in [5.41, 5.74) is 0. The van der Waals surface area contributed by atoms with Crippen LogP contribution < -0.4 is 4.72 Å². The Balaban J connectivity index is 2.45. The molecule has 0 aromatic carbocycles. The highest BCUT2D eigenvalue weighted by Gasteiger charge is 2.27. The van der Waals surface area contributed by atoms with Crippen molar-refractivity contribution < 1.29 is 21.6 Å². The Labute approximate surface area is 102 Å². The number of nitrogens with zero attached hydrogens (tertiary/aromatic N) is 2. The average molecular weight is 286 g/mol. The van der Waals surface area contributed by atoms with Gasteiger partial charge in [0, 0.05) is 6.42 Å². The van der Waals surface area contributed by atoms with Crippen molar-refractivity contribution in [3.8, 4) is 0 Å². The summed E-state index contributed by atoms with van der Waals surface area (Å²) in [5.74, 6) is -0.278. The molecule has 1 atom stereocenters. The number of aromatic amines is 1. The standard InChI is InChI=1S/C8H13F3N4O2S/c1-6(7-12-5-13-14-7)15-18(16,17)4-2-3-8(9,10)11/h5-6,15H,2-4H2,1H3,(H,12,13,14). The van der Waals surface area contributed by atoms with Crippen LogP contribution in [0.4, 0.5) is 13.2 Å². The average Bonchev–Trinajstić information content (AvgIpc) is 2.66. The molecular formula is C8H13F3N4O2S. The molecule has 0 fully saturated rings. The molecule has 18 heavy (non-hydrogen) atoms. The molecule has 0 spiro atoms. The van der Waals surface area contributed by atoms with E-state index >= 15 is 0 Å². The summed E-state index contributed by atoms with van der Waals surface area (Å²) in [5, 5.41) is 6.02. The van der Waals surface area contributed by atoms with Crippen molar-refractivity contribution in [2.24, 2.45) is 0 Å². The van der Waals surface area contributed by atoms with E-state index in [0.717, 1.165) is 0 Å². The SMILES string of the molecule is CC(NS(=O)(=O)CCCC(F)(F)F)c1ncn[nH]1. The number of halogens is 3. The normalized spacial score (nSPS) is 14.7. The van der Waals surface area contributed by atoms with Crippen LogP contribution in [0.25, 0.3) is 0 Å². The van der Waals surface area contributed by atoms with E-state index in [-0.39, 0.29) is 0 Å². The molecule has 1 aromatic heterocycles. The largest absolute Gasteiger partial charge is 0.389 e. The first-order valence-electron chi connectivity index (χ1n) is 5.11. The molecule has 0 bridgehead atoms. The van der Waals surface area contributed by atoms with Crippen LogP contribution in [0.15, 0.2) is 6.33 Å². The monoisotopic (exact) mass is 286 g/mol. The summed E-state index contributed by atoms with van der Waals surface area (Å²) >= 11 is 0. The lowest BCUT2D eigenvalue weighted by molar-refractivity contribution is -0.134. The minimum Gasteiger partial charge on any atom is -0.262 e. The number of H-pyrrole nitrogens is 1. The lowest BCUT2D eigenvalue weighted by Crippen LogP contribution is -2.30. The number of hydrogen-bond acceptors (Lipinski definition) is 4. The number of aromatic nitrogens is 3. The van der Waals surface area contributed by atoms with Crippen molar-refractivity contribution in [2.75, 3.05) is 5.75 Å². The topological polar surface area (TPSA) is 87.7 Å². The fourth-order valence-corrected chi connectivity index (χ4v) is 2.56. The Morgan fingerprint density at radius 2 is 2.17 bits per heavy atom. The van der Waals surface area contributed by atoms with Gasteiger partial charge in [-0.25, -0.2) is 18.1 Å². The maximum absolute atomic E-state index is 11.9. The van der Waals surface area contributed by atoms with E-state index in [9.17, 15) is 21.6 Å². The van der Waals surface area contributed by atoms with Gasteiger partial charge in [0.1, 0.15) is 12.2 Å². The van der Waals surface area contributed by atoms with Gasteiger partial charge in [-0.15, -0.1) is 0 Å². The summed E-state index contributed by atoms with van der Waals surface area (Å²) in [4.78, 5) is 3.75. The highest BCUT2D eigenvalue weighted by molar-refractivity contribution is 7.89. The molecule has 0 saturated carbocycles. The molecule has 1 heterocycles. The van der Waals surface area contributed by atoms with E-state index < -0.39 is 40.8 Å². The van der Waals surface area contributed by atoms with Crippen LogP contribution in [-0.4, -0.2) is 35.5 Å². The van der Waals surface area contributed by atoms with Gasteiger partial charge in [0.25, 0.3) is 0 Å². The molecule has 1 unspecified atom stereocenters. The van der Waals surface area contributed by atoms with E-state index in [1.165, 1.54) is 13.3 Å². The molecule has 104 valence electrons. The molecule has 0 aliphatic rings. The molecule has 0 aliphatic heterocycles. The smallest absolute Gasteiger partial charge is 0.262 e. The summed E-state index contributed by atoms with van der Waals surface area (Å²) in [7, 11) is -3.77. The Morgan fingerprint density at radius 1 is 1.50 bits per heavy atom. The Morgan fingerprint density at radius 3 is 2.67 bits per heavy atom. The van der Waals surface area contributed by atoms with Gasteiger partial charge in [0.05, 0.1) is 11.8 Å². The number of nitrogens with one attached hydrogen (secondary N) is 2. The maximum atomic E-state index is 11.9. The van der Waals surface area contributed by atoms with Crippen LogP contribution in [-0.2, 0) is 10.0 Å². The van der Waals surface area contributed by atoms with Crippen LogP contribution in [0.2, 0.25) is 0 Å². The van der Waals surface area contributed by atoms with E-state index in [2.05, 4.69) is 19.9 Å². The summed E-state index contributed by atoms with van der Waals surface area (Å²) in [6.07, 6.45) is -4.72. The minimum absolute atomic E-state index is 0.300. The minimum atomic E-state index is -4.34. The zero-order valence-corrected chi connectivity index (χ0v) is 10.3. The molecule has 0 aliphatic carbocycles. The second kappa shape index (κ2) is 5.65. The molecule has 1 rings (SSSR count). The fraction of sp³-hybridized carbons (Fsp3) is 0.750. The van der Waals surface area contributed by atoms with Crippen molar-refractivity contribution in [1.82, 2.24) is 19.9 Å². The number of rotatable bonds is 6. The Hall–Kier alpha value is -1.16. The third-order valence-corrected chi connectivity index (χ3v) is 3.61. The van der Waals surface area contributed by atoms with Crippen LogP contribution in [0.3, 0.4) is 0 Å². The van der Waals surface area contributed by atoms with Gasteiger partial charge >= 0.3 is 6.18 Å². The molecule has 0 radical (unpaired) electrons. The van der Waals surface area contributed by atoms with Crippen molar-refractivity contribution in [1.29, 1.82) is 0 Å². The second-order valence-electron chi connectivity index (χ2n) is 3.75. The molecule has 0 amide bonds. The molecule has 2 N–H and O–H groups in total. The molecule has 6 nitrogen and oxygen atoms in total. The van der Waals surface area contributed by atoms with Crippen molar-refractivity contribution >= 4 is 10.0 Å². The maximum Gasteiger partial charge on any atom is 0.389 e. The highest BCUT2D eigenvalue weighted by atomic mass is 32.2. The molecule has 0 saturated heterocycles. The van der Waals surface area contributed by atoms with Gasteiger partial charge in [-0.05, 0) is 13.3 Å². The van der Waals surface area contributed by atoms with Gasteiger partial charge in [-0.3, -0.25) is 5.10 Å². The van der Waals surface area contributed by atoms with Gasteiger partial charge in [-0.2, -0.15) is 18.3 Å². The molecule has 1 aromatic rings. The first-order chi connectivity index (χ1) is 8.20. The van der Waals surface area contributed by atoms with Crippen molar-refractivity contribution in [2.45, 2.75) is 32.0 Å². The number of alkyl halides is 3. The number of sulfonamides is 1. The predicted molar refractivity (Wildman–Crippen MR) is 57.0 cm³/mol. The van der Waals surface area contributed by atoms with Crippen LogP contribution in [0.1, 0.15) is 31.6 Å². The first-order valence-corrected chi connectivity index (χ1v) is 6.77. The predicted octanol–water partition coefficient (Wildman–Crippen LogP) is 1.13. The quantitative estimate of drug-likeness (QED) is 0.820. The van der Waals surface area contributed by atoms with Gasteiger partial charge in [0.15, 0.2) is 0 Å². The second-order valence-corrected chi connectivity index (χ2v) is 5.62. The van der Waals surface area contributed by atoms with Gasteiger partial charge in [0.2, 0.25) is 10.0 Å². The van der Waals surface area contributed by atoms with Crippen molar-refractivity contribution in [3.05, 3.63) is 12.2 Å². The zero-order valence-electron chi connectivity index (χ0n) is 9.53. The number of hydrogen-bond donors (Lipinski definition) is 2. The summed E-state index contributed by atoms with van der Waals surface area (Å²) in [6.45, 7) is 1.52. The van der Waals surface area contributed by atoms with Crippen molar-refractivity contribution in [3.63, 3.8) is 0 Å². The van der Waals surface area contributed by atoms with Gasteiger partial charge in [-0.1, -0.05) is 0 Å². The van der Waals surface area contributed by atoms with E-state index in [1.54, 1.807) is 0 Å². The van der Waals surface area contributed by atoms with Crippen LogP contribution in [0.5, 0.6) is 0 Å². The third-order valence-electron chi connectivity index (χ3n) is 2.07. The van der Waals surface area contributed by atoms with E-state index in [4.69, 9.17) is 0 Å². The van der Waals surface area contributed by atoms with E-state index in [1.807, 2.05) is 0 Å².